The van der Waals surface area contributed by atoms with Crippen molar-refractivity contribution in [1.82, 2.24) is 0 Å². The Morgan fingerprint density at radius 2 is 1.67 bits per heavy atom. The van der Waals surface area contributed by atoms with Gasteiger partial charge in [-0.15, -0.1) is 0 Å². The van der Waals surface area contributed by atoms with E-state index in [9.17, 15) is 9.18 Å². The maximum atomic E-state index is 13.3. The van der Waals surface area contributed by atoms with Gasteiger partial charge in [-0.3, -0.25) is 4.79 Å². The van der Waals surface area contributed by atoms with Crippen molar-refractivity contribution < 1.29 is 9.18 Å². The molecule has 92 valence electrons. The summed E-state index contributed by atoms with van der Waals surface area (Å²) in [6, 6.07) is 8.47. The third-order valence-electron chi connectivity index (χ3n) is 2.42. The Hall–Kier alpha value is -1.58. The van der Waals surface area contributed by atoms with Crippen molar-refractivity contribution in [1.29, 1.82) is 0 Å². The van der Waals surface area contributed by atoms with Crippen LogP contribution >= 0.6 is 23.2 Å². The fourth-order valence-corrected chi connectivity index (χ4v) is 2.21. The molecule has 0 fully saturated rings. The van der Waals surface area contributed by atoms with Crippen LogP contribution in [0.2, 0.25) is 10.0 Å². The highest BCUT2D eigenvalue weighted by Crippen LogP contribution is 2.30. The fraction of sp³-hybridized carbons (Fsp3) is 0. The zero-order valence-electron chi connectivity index (χ0n) is 9.08. The molecule has 2 aromatic carbocycles. The van der Waals surface area contributed by atoms with Gasteiger partial charge in [-0.2, -0.15) is 0 Å². The van der Waals surface area contributed by atoms with E-state index in [1.807, 2.05) is 0 Å². The lowest BCUT2D eigenvalue weighted by Gasteiger charge is -2.08. The molecule has 0 atom stereocenters. The molecule has 2 aromatic rings. The van der Waals surface area contributed by atoms with Crippen LogP contribution in [-0.4, -0.2) is 5.91 Å². The number of rotatable bonds is 2. The van der Waals surface area contributed by atoms with Gasteiger partial charge >= 0.3 is 0 Å². The second kappa shape index (κ2) is 4.96. The van der Waals surface area contributed by atoms with E-state index in [0.29, 0.717) is 21.2 Å². The second-order valence-electron chi connectivity index (χ2n) is 3.71. The molecule has 5 heteroatoms. The van der Waals surface area contributed by atoms with E-state index in [0.717, 1.165) is 0 Å². The highest BCUT2D eigenvalue weighted by Gasteiger charge is 2.12. The summed E-state index contributed by atoms with van der Waals surface area (Å²) in [5.41, 5.74) is 6.38. The number of nitrogens with two attached hydrogens (primary N) is 1. The van der Waals surface area contributed by atoms with Crippen molar-refractivity contribution in [3.8, 4) is 11.1 Å². The van der Waals surface area contributed by atoms with Gasteiger partial charge in [-0.1, -0.05) is 23.2 Å². The Balaban J connectivity index is 2.68. The summed E-state index contributed by atoms with van der Waals surface area (Å²) in [5.74, 6) is -1.10. The topological polar surface area (TPSA) is 43.1 Å². The summed E-state index contributed by atoms with van der Waals surface area (Å²) in [7, 11) is 0. The monoisotopic (exact) mass is 283 g/mol. The average molecular weight is 284 g/mol. The first-order chi connectivity index (χ1) is 8.47. The van der Waals surface area contributed by atoms with Gasteiger partial charge in [-0.05, 0) is 47.5 Å². The molecule has 0 saturated carbocycles. The van der Waals surface area contributed by atoms with E-state index >= 15 is 0 Å². The number of amides is 1. The zero-order valence-corrected chi connectivity index (χ0v) is 10.6. The Bertz CT molecular complexity index is 608. The van der Waals surface area contributed by atoms with Crippen molar-refractivity contribution in [2.24, 2.45) is 5.73 Å². The van der Waals surface area contributed by atoms with Gasteiger partial charge in [-0.25, -0.2) is 4.39 Å². The van der Waals surface area contributed by atoms with Crippen LogP contribution in [0.15, 0.2) is 36.4 Å². The maximum absolute atomic E-state index is 13.3. The largest absolute Gasteiger partial charge is 0.366 e. The molecule has 0 aliphatic rings. The van der Waals surface area contributed by atoms with E-state index < -0.39 is 11.7 Å². The van der Waals surface area contributed by atoms with Crippen molar-refractivity contribution in [2.75, 3.05) is 0 Å². The predicted octanol–water partition coefficient (Wildman–Crippen LogP) is 3.90. The van der Waals surface area contributed by atoms with Gasteiger partial charge in [0.2, 0.25) is 5.91 Å². The lowest BCUT2D eigenvalue weighted by Crippen LogP contribution is -2.12. The minimum atomic E-state index is -0.638. The minimum Gasteiger partial charge on any atom is -0.366 e. The summed E-state index contributed by atoms with van der Waals surface area (Å²) in [4.78, 5) is 11.3. The van der Waals surface area contributed by atoms with Gasteiger partial charge < -0.3 is 5.73 Å². The number of hydrogen-bond donors (Lipinski definition) is 1. The summed E-state index contributed by atoms with van der Waals surface area (Å²) in [6.07, 6.45) is 0. The molecule has 0 radical (unpaired) electrons. The van der Waals surface area contributed by atoms with Crippen LogP contribution in [0.25, 0.3) is 11.1 Å². The molecule has 0 aliphatic carbocycles. The summed E-state index contributed by atoms with van der Waals surface area (Å²) in [5, 5.41) is 0.800. The Labute approximate surface area is 113 Å². The van der Waals surface area contributed by atoms with Crippen LogP contribution in [0.3, 0.4) is 0 Å². The van der Waals surface area contributed by atoms with E-state index in [2.05, 4.69) is 0 Å². The first-order valence-corrected chi connectivity index (χ1v) is 5.79. The minimum absolute atomic E-state index is 0.217. The maximum Gasteiger partial charge on any atom is 0.249 e. The standard InChI is InChI=1S/C13H8Cl2FNO/c14-8-3-7(4-9(15)5-8)12-6-10(16)1-2-11(12)13(17)18/h1-6H,(H2,17,18). The normalized spacial score (nSPS) is 10.4. The smallest absolute Gasteiger partial charge is 0.249 e. The highest BCUT2D eigenvalue weighted by atomic mass is 35.5. The molecule has 0 bridgehead atoms. The molecule has 0 unspecified atom stereocenters. The molecular weight excluding hydrogens is 276 g/mol. The van der Waals surface area contributed by atoms with E-state index in [-0.39, 0.29) is 5.56 Å². The van der Waals surface area contributed by atoms with Crippen molar-refractivity contribution in [2.45, 2.75) is 0 Å². The molecule has 0 aromatic heterocycles. The average Bonchev–Trinajstić information content (AvgIpc) is 2.27. The van der Waals surface area contributed by atoms with Crippen LogP contribution in [0.4, 0.5) is 4.39 Å². The fourth-order valence-electron chi connectivity index (χ4n) is 1.68. The molecule has 2 N–H and O–H groups in total. The van der Waals surface area contributed by atoms with Gasteiger partial charge in [0, 0.05) is 15.6 Å². The summed E-state index contributed by atoms with van der Waals surface area (Å²) < 4.78 is 13.3. The van der Waals surface area contributed by atoms with Crippen LogP contribution in [0.1, 0.15) is 10.4 Å². The number of carbonyl (C=O) groups is 1. The number of hydrogen-bond acceptors (Lipinski definition) is 1. The molecule has 2 rings (SSSR count). The van der Waals surface area contributed by atoms with Gasteiger partial charge in [0.1, 0.15) is 5.82 Å². The molecule has 18 heavy (non-hydrogen) atoms. The van der Waals surface area contributed by atoms with Crippen LogP contribution in [0, 0.1) is 5.82 Å². The Morgan fingerprint density at radius 3 is 2.22 bits per heavy atom. The molecule has 0 spiro atoms. The van der Waals surface area contributed by atoms with E-state index in [1.165, 1.54) is 18.2 Å². The van der Waals surface area contributed by atoms with Gasteiger partial charge in [0.15, 0.2) is 0 Å². The number of benzene rings is 2. The lowest BCUT2D eigenvalue weighted by molar-refractivity contribution is 0.100. The van der Waals surface area contributed by atoms with E-state index in [1.54, 1.807) is 18.2 Å². The highest BCUT2D eigenvalue weighted by molar-refractivity contribution is 6.35. The number of halogens is 3. The quantitative estimate of drug-likeness (QED) is 0.893. The third-order valence-corrected chi connectivity index (χ3v) is 2.86. The van der Waals surface area contributed by atoms with Crippen molar-refractivity contribution in [3.05, 3.63) is 57.8 Å². The number of primary amides is 1. The lowest BCUT2D eigenvalue weighted by atomic mass is 9.99. The van der Waals surface area contributed by atoms with Gasteiger partial charge in [0.25, 0.3) is 0 Å². The molecule has 0 aliphatic heterocycles. The van der Waals surface area contributed by atoms with Gasteiger partial charge in [0.05, 0.1) is 0 Å². The summed E-state index contributed by atoms with van der Waals surface area (Å²) >= 11 is 11.8. The molecule has 0 saturated heterocycles. The van der Waals surface area contributed by atoms with Crippen molar-refractivity contribution >= 4 is 29.1 Å². The van der Waals surface area contributed by atoms with Crippen molar-refractivity contribution in [3.63, 3.8) is 0 Å². The second-order valence-corrected chi connectivity index (χ2v) is 4.59. The first-order valence-electron chi connectivity index (χ1n) is 5.03. The third kappa shape index (κ3) is 2.63. The van der Waals surface area contributed by atoms with E-state index in [4.69, 9.17) is 28.9 Å². The molecule has 2 nitrogen and oxygen atoms in total. The van der Waals surface area contributed by atoms with Crippen LogP contribution < -0.4 is 5.73 Å². The Kier molecular flexibility index (Phi) is 3.55. The van der Waals surface area contributed by atoms with Crippen LogP contribution in [-0.2, 0) is 0 Å². The van der Waals surface area contributed by atoms with Crippen LogP contribution in [0.5, 0.6) is 0 Å². The SMILES string of the molecule is NC(=O)c1ccc(F)cc1-c1cc(Cl)cc(Cl)c1. The Morgan fingerprint density at radius 1 is 1.06 bits per heavy atom. The molecule has 1 amide bonds. The predicted molar refractivity (Wildman–Crippen MR) is 70.4 cm³/mol. The summed E-state index contributed by atoms with van der Waals surface area (Å²) in [6.45, 7) is 0. The number of carbonyl (C=O) groups excluding carboxylic acids is 1. The molecular formula is C13H8Cl2FNO. The molecule has 0 heterocycles. The zero-order chi connectivity index (χ0) is 13.3. The first kappa shape index (κ1) is 12.9.